The molecule has 3 rings (SSSR count). The van der Waals surface area contributed by atoms with Gasteiger partial charge in [-0.1, -0.05) is 57.2 Å². The van der Waals surface area contributed by atoms with Gasteiger partial charge < -0.3 is 9.88 Å². The number of hydrogen-bond acceptors (Lipinski definition) is 2. The van der Waals surface area contributed by atoms with Crippen molar-refractivity contribution in [1.82, 2.24) is 14.9 Å². The van der Waals surface area contributed by atoms with E-state index < -0.39 is 0 Å². The highest BCUT2D eigenvalue weighted by Crippen LogP contribution is 2.21. The van der Waals surface area contributed by atoms with Gasteiger partial charge in [-0.25, -0.2) is 4.98 Å². The minimum atomic E-state index is 0.116. The van der Waals surface area contributed by atoms with Crippen molar-refractivity contribution in [2.75, 3.05) is 6.54 Å². The van der Waals surface area contributed by atoms with Gasteiger partial charge >= 0.3 is 0 Å². The summed E-state index contributed by atoms with van der Waals surface area (Å²) >= 11 is 0. The lowest BCUT2D eigenvalue weighted by atomic mass is 9.98. The predicted molar refractivity (Wildman–Crippen MR) is 116 cm³/mol. The quantitative estimate of drug-likeness (QED) is 0.567. The van der Waals surface area contributed by atoms with E-state index in [0.717, 1.165) is 42.7 Å². The van der Waals surface area contributed by atoms with Crippen LogP contribution in [0.15, 0.2) is 48.5 Å². The topological polar surface area (TPSA) is 46.9 Å². The maximum atomic E-state index is 11.8. The minimum Gasteiger partial charge on any atom is -0.356 e. The zero-order valence-electron chi connectivity index (χ0n) is 17.2. The molecule has 0 bridgehead atoms. The number of aromatic nitrogens is 2. The van der Waals surface area contributed by atoms with Gasteiger partial charge in [-0.15, -0.1) is 0 Å². The molecule has 148 valence electrons. The van der Waals surface area contributed by atoms with Crippen LogP contribution in [0.2, 0.25) is 0 Å². The van der Waals surface area contributed by atoms with Crippen molar-refractivity contribution in [1.29, 1.82) is 0 Å². The summed E-state index contributed by atoms with van der Waals surface area (Å²) in [6.07, 6.45) is 3.34. The molecule has 1 N–H and O–H groups in total. The summed E-state index contributed by atoms with van der Waals surface area (Å²) in [6.45, 7) is 7.92. The van der Waals surface area contributed by atoms with Crippen molar-refractivity contribution < 1.29 is 4.79 Å². The van der Waals surface area contributed by atoms with Crippen LogP contribution in [0.1, 0.15) is 62.9 Å². The number of hydrogen-bond donors (Lipinski definition) is 1. The van der Waals surface area contributed by atoms with E-state index in [4.69, 9.17) is 4.98 Å². The first-order valence-corrected chi connectivity index (χ1v) is 10.4. The summed E-state index contributed by atoms with van der Waals surface area (Å²) in [7, 11) is 0. The SMILES string of the molecule is CCCC(=O)NCCc1nc2ccccc2n1Cc1ccc(C(C)CC)cc1. The fourth-order valence-corrected chi connectivity index (χ4v) is 3.49. The molecule has 0 aliphatic rings. The van der Waals surface area contributed by atoms with Crippen molar-refractivity contribution in [2.45, 2.75) is 58.9 Å². The molecule has 1 amide bonds. The lowest BCUT2D eigenvalue weighted by Crippen LogP contribution is -2.26. The second-order valence-corrected chi connectivity index (χ2v) is 7.50. The molecule has 3 aromatic rings. The number of carbonyl (C=O) groups is 1. The lowest BCUT2D eigenvalue weighted by Gasteiger charge is -2.12. The Labute approximate surface area is 168 Å². The smallest absolute Gasteiger partial charge is 0.219 e. The van der Waals surface area contributed by atoms with Crippen LogP contribution in [0.5, 0.6) is 0 Å². The molecule has 1 heterocycles. The fraction of sp³-hybridized carbons (Fsp3) is 0.417. The van der Waals surface area contributed by atoms with Gasteiger partial charge in [0, 0.05) is 25.9 Å². The van der Waals surface area contributed by atoms with E-state index in [1.54, 1.807) is 0 Å². The monoisotopic (exact) mass is 377 g/mol. The van der Waals surface area contributed by atoms with Crippen molar-refractivity contribution >= 4 is 16.9 Å². The molecule has 0 aliphatic heterocycles. The molecular formula is C24H31N3O. The van der Waals surface area contributed by atoms with Crippen molar-refractivity contribution in [2.24, 2.45) is 0 Å². The van der Waals surface area contributed by atoms with Crippen LogP contribution < -0.4 is 5.32 Å². The molecule has 28 heavy (non-hydrogen) atoms. The number of amides is 1. The van der Waals surface area contributed by atoms with Crippen molar-refractivity contribution in [3.05, 3.63) is 65.5 Å². The van der Waals surface area contributed by atoms with Crippen LogP contribution in [0, 0.1) is 0 Å². The highest BCUT2D eigenvalue weighted by molar-refractivity contribution is 5.76. The van der Waals surface area contributed by atoms with E-state index in [2.05, 4.69) is 66.2 Å². The molecular weight excluding hydrogens is 346 g/mol. The minimum absolute atomic E-state index is 0.116. The van der Waals surface area contributed by atoms with Gasteiger partial charge in [0.15, 0.2) is 0 Å². The zero-order valence-corrected chi connectivity index (χ0v) is 17.2. The van der Waals surface area contributed by atoms with Crippen LogP contribution >= 0.6 is 0 Å². The van der Waals surface area contributed by atoms with Crippen LogP contribution in [-0.4, -0.2) is 22.0 Å². The zero-order chi connectivity index (χ0) is 19.9. The number of fused-ring (bicyclic) bond motifs is 1. The van der Waals surface area contributed by atoms with Crippen LogP contribution in [0.25, 0.3) is 11.0 Å². The maximum absolute atomic E-state index is 11.8. The average molecular weight is 378 g/mol. The van der Waals surface area contributed by atoms with Crippen LogP contribution in [-0.2, 0) is 17.8 Å². The Morgan fingerprint density at radius 3 is 2.57 bits per heavy atom. The molecule has 4 heteroatoms. The summed E-state index contributed by atoms with van der Waals surface area (Å²) in [5.74, 6) is 1.72. The van der Waals surface area contributed by atoms with Gasteiger partial charge in [0.25, 0.3) is 0 Å². The van der Waals surface area contributed by atoms with E-state index in [0.29, 0.717) is 18.9 Å². The molecule has 0 fully saturated rings. The first-order valence-electron chi connectivity index (χ1n) is 10.4. The Morgan fingerprint density at radius 1 is 1.11 bits per heavy atom. The molecule has 4 nitrogen and oxygen atoms in total. The predicted octanol–water partition coefficient (Wildman–Crippen LogP) is 5.06. The largest absolute Gasteiger partial charge is 0.356 e. The number of carbonyl (C=O) groups excluding carboxylic acids is 1. The summed E-state index contributed by atoms with van der Waals surface area (Å²) in [5, 5.41) is 3.00. The second kappa shape index (κ2) is 9.54. The fourth-order valence-electron chi connectivity index (χ4n) is 3.49. The number of imidazole rings is 1. The van der Waals surface area contributed by atoms with E-state index >= 15 is 0 Å². The normalized spacial score (nSPS) is 12.2. The van der Waals surface area contributed by atoms with Gasteiger partial charge in [-0.05, 0) is 42.0 Å². The van der Waals surface area contributed by atoms with Crippen LogP contribution in [0.4, 0.5) is 0 Å². The van der Waals surface area contributed by atoms with E-state index in [9.17, 15) is 4.79 Å². The molecule has 1 aromatic heterocycles. The molecule has 0 spiro atoms. The summed E-state index contributed by atoms with van der Waals surface area (Å²) in [5.41, 5.74) is 4.81. The third-order valence-corrected chi connectivity index (χ3v) is 5.38. The van der Waals surface area contributed by atoms with Crippen molar-refractivity contribution in [3.8, 4) is 0 Å². The summed E-state index contributed by atoms with van der Waals surface area (Å²) in [4.78, 5) is 16.6. The Hall–Kier alpha value is -2.62. The maximum Gasteiger partial charge on any atom is 0.219 e. The molecule has 0 aliphatic carbocycles. The van der Waals surface area contributed by atoms with Gasteiger partial charge in [0.2, 0.25) is 5.91 Å². The first kappa shape index (κ1) is 20.1. The van der Waals surface area contributed by atoms with Gasteiger partial charge in [-0.2, -0.15) is 0 Å². The number of rotatable bonds is 9. The molecule has 0 saturated heterocycles. The van der Waals surface area contributed by atoms with Crippen molar-refractivity contribution in [3.63, 3.8) is 0 Å². The van der Waals surface area contributed by atoms with Gasteiger partial charge in [0.05, 0.1) is 11.0 Å². The van der Waals surface area contributed by atoms with E-state index in [1.165, 1.54) is 11.1 Å². The third-order valence-electron chi connectivity index (χ3n) is 5.38. The summed E-state index contributed by atoms with van der Waals surface area (Å²) in [6, 6.07) is 17.2. The molecule has 2 aromatic carbocycles. The molecule has 1 unspecified atom stereocenters. The Kier molecular flexibility index (Phi) is 6.85. The second-order valence-electron chi connectivity index (χ2n) is 7.50. The number of nitrogens with zero attached hydrogens (tertiary/aromatic N) is 2. The highest BCUT2D eigenvalue weighted by atomic mass is 16.1. The average Bonchev–Trinajstić information content (AvgIpc) is 3.05. The number of para-hydroxylation sites is 2. The standard InChI is InChI=1S/C24H31N3O/c1-4-8-24(28)25-16-15-23-26-21-9-6-7-10-22(21)27(23)17-19-11-13-20(14-12-19)18(3)5-2/h6-7,9-14,18H,4-5,8,15-17H2,1-3H3,(H,25,28). The highest BCUT2D eigenvalue weighted by Gasteiger charge is 2.12. The molecule has 0 radical (unpaired) electrons. The van der Waals surface area contributed by atoms with Gasteiger partial charge in [-0.3, -0.25) is 4.79 Å². The molecule has 1 atom stereocenters. The third kappa shape index (κ3) is 4.80. The lowest BCUT2D eigenvalue weighted by molar-refractivity contribution is -0.121. The first-order chi connectivity index (χ1) is 13.6. The summed E-state index contributed by atoms with van der Waals surface area (Å²) < 4.78 is 2.28. The Balaban J connectivity index is 1.79. The number of benzene rings is 2. The van der Waals surface area contributed by atoms with E-state index in [1.807, 2.05) is 13.0 Å². The Bertz CT molecular complexity index is 911. The number of nitrogens with one attached hydrogen (secondary N) is 1. The Morgan fingerprint density at radius 2 is 1.86 bits per heavy atom. The van der Waals surface area contributed by atoms with Gasteiger partial charge in [0.1, 0.15) is 5.82 Å². The molecule has 0 saturated carbocycles. The van der Waals surface area contributed by atoms with Crippen LogP contribution in [0.3, 0.4) is 0 Å². The van der Waals surface area contributed by atoms with E-state index in [-0.39, 0.29) is 5.91 Å².